The maximum Gasteiger partial charge on any atom is 0.310 e. The van der Waals surface area contributed by atoms with Crippen LogP contribution in [0.5, 0.6) is 0 Å². The van der Waals surface area contributed by atoms with Crippen LogP contribution < -0.4 is 0 Å². The number of carboxylic acid groups (broad SMARTS) is 1. The van der Waals surface area contributed by atoms with Gasteiger partial charge in [0.15, 0.2) is 0 Å². The third kappa shape index (κ3) is 2.56. The first kappa shape index (κ1) is 23.0. The van der Waals surface area contributed by atoms with Crippen LogP contribution in [-0.4, -0.2) is 11.1 Å². The summed E-state index contributed by atoms with van der Waals surface area (Å²) in [7, 11) is 0. The van der Waals surface area contributed by atoms with E-state index in [1.54, 1.807) is 5.57 Å². The van der Waals surface area contributed by atoms with Gasteiger partial charge in [0.25, 0.3) is 0 Å². The number of aliphatic carboxylic acids is 1. The molecule has 0 spiro atoms. The van der Waals surface area contributed by atoms with Crippen molar-refractivity contribution >= 4 is 5.97 Å². The maximum absolute atomic E-state index is 13.0. The van der Waals surface area contributed by atoms with Crippen molar-refractivity contribution < 1.29 is 9.90 Å². The Balaban J connectivity index is 1.61. The Kier molecular flexibility index (Phi) is 4.94. The van der Waals surface area contributed by atoms with E-state index in [1.807, 2.05) is 5.57 Å². The zero-order valence-electron chi connectivity index (χ0n) is 21.9. The molecule has 5 aliphatic carbocycles. The fourth-order valence-electron chi connectivity index (χ4n) is 11.2. The zero-order chi connectivity index (χ0) is 23.3. The summed E-state index contributed by atoms with van der Waals surface area (Å²) in [4.78, 5) is 13.0. The summed E-state index contributed by atoms with van der Waals surface area (Å²) in [6, 6.07) is 0. The van der Waals surface area contributed by atoms with Crippen molar-refractivity contribution in [3.05, 3.63) is 11.1 Å². The van der Waals surface area contributed by atoms with Crippen molar-refractivity contribution in [3.63, 3.8) is 0 Å². The summed E-state index contributed by atoms with van der Waals surface area (Å²) < 4.78 is 0. The lowest BCUT2D eigenvalue weighted by Gasteiger charge is -2.66. The van der Waals surface area contributed by atoms with Gasteiger partial charge in [0.1, 0.15) is 0 Å². The Labute approximate surface area is 197 Å². The van der Waals surface area contributed by atoms with Crippen molar-refractivity contribution in [2.24, 2.45) is 50.7 Å². The number of hydrogen-bond acceptors (Lipinski definition) is 1. The molecule has 0 aromatic heterocycles. The quantitative estimate of drug-likeness (QED) is 0.439. The zero-order valence-corrected chi connectivity index (χ0v) is 21.9. The largest absolute Gasteiger partial charge is 0.481 e. The highest BCUT2D eigenvalue weighted by molar-refractivity contribution is 5.77. The van der Waals surface area contributed by atoms with Gasteiger partial charge in [0, 0.05) is 0 Å². The average molecular weight is 441 g/mol. The summed E-state index contributed by atoms with van der Waals surface area (Å²) in [5.74, 6) is 1.47. The highest BCUT2D eigenvalue weighted by Crippen LogP contribution is 2.76. The second kappa shape index (κ2) is 6.88. The van der Waals surface area contributed by atoms with Crippen LogP contribution in [0.15, 0.2) is 11.1 Å². The monoisotopic (exact) mass is 440 g/mol. The van der Waals surface area contributed by atoms with Crippen molar-refractivity contribution in [3.8, 4) is 0 Å². The number of carboxylic acids is 1. The van der Waals surface area contributed by atoms with E-state index in [9.17, 15) is 9.90 Å². The molecule has 2 heteroatoms. The van der Waals surface area contributed by atoms with Crippen LogP contribution in [0.3, 0.4) is 0 Å². The molecule has 3 fully saturated rings. The molecule has 3 saturated carbocycles. The molecule has 0 unspecified atom stereocenters. The predicted octanol–water partition coefficient (Wildman–Crippen LogP) is 8.26. The Morgan fingerprint density at radius 3 is 2.22 bits per heavy atom. The van der Waals surface area contributed by atoms with E-state index >= 15 is 0 Å². The van der Waals surface area contributed by atoms with Crippen LogP contribution in [0, 0.1) is 50.7 Å². The van der Waals surface area contributed by atoms with Crippen LogP contribution in [-0.2, 0) is 4.79 Å². The molecule has 180 valence electrons. The van der Waals surface area contributed by atoms with Crippen molar-refractivity contribution in [1.29, 1.82) is 0 Å². The lowest BCUT2D eigenvalue weighted by Crippen LogP contribution is -2.60. The molecule has 0 saturated heterocycles. The normalized spacial score (nSPS) is 49.8. The molecule has 0 aromatic carbocycles. The lowest BCUT2D eigenvalue weighted by atomic mass is 9.37. The fourth-order valence-corrected chi connectivity index (χ4v) is 11.2. The van der Waals surface area contributed by atoms with E-state index in [2.05, 4.69) is 48.5 Å². The third-order valence-corrected chi connectivity index (χ3v) is 12.8. The topological polar surface area (TPSA) is 37.3 Å². The molecule has 1 N–H and O–H groups in total. The van der Waals surface area contributed by atoms with Crippen LogP contribution in [0.1, 0.15) is 119 Å². The van der Waals surface area contributed by atoms with E-state index < -0.39 is 11.4 Å². The van der Waals surface area contributed by atoms with Gasteiger partial charge in [0.2, 0.25) is 0 Å². The first-order valence-electron chi connectivity index (χ1n) is 13.8. The van der Waals surface area contributed by atoms with Crippen molar-refractivity contribution in [2.75, 3.05) is 0 Å². The van der Waals surface area contributed by atoms with Gasteiger partial charge in [0.05, 0.1) is 5.41 Å². The molecule has 32 heavy (non-hydrogen) atoms. The van der Waals surface area contributed by atoms with E-state index in [0.717, 1.165) is 31.6 Å². The summed E-state index contributed by atoms with van der Waals surface area (Å²) in [5.41, 5.74) is 4.28. The predicted molar refractivity (Wildman–Crippen MR) is 131 cm³/mol. The van der Waals surface area contributed by atoms with Crippen molar-refractivity contribution in [2.45, 2.75) is 119 Å². The average Bonchev–Trinajstić information content (AvgIpc) is 3.11. The van der Waals surface area contributed by atoms with Gasteiger partial charge in [-0.25, -0.2) is 0 Å². The summed E-state index contributed by atoms with van der Waals surface area (Å²) in [6.07, 6.45) is 13.4. The number of fused-ring (bicyclic) bond motifs is 6. The Bertz CT molecular complexity index is 851. The molecule has 0 heterocycles. The highest BCUT2D eigenvalue weighted by Gasteiger charge is 2.70. The molecule has 0 bridgehead atoms. The van der Waals surface area contributed by atoms with Gasteiger partial charge < -0.3 is 5.11 Å². The molecule has 0 amide bonds. The van der Waals surface area contributed by atoms with Gasteiger partial charge in [-0.2, -0.15) is 0 Å². The first-order chi connectivity index (χ1) is 14.8. The first-order valence-corrected chi connectivity index (χ1v) is 13.8. The van der Waals surface area contributed by atoms with Crippen molar-refractivity contribution in [1.82, 2.24) is 0 Å². The Morgan fingerprint density at radius 2 is 1.56 bits per heavy atom. The van der Waals surface area contributed by atoms with Gasteiger partial charge >= 0.3 is 5.97 Å². The molecular weight excluding hydrogens is 392 g/mol. The molecular formula is C30H48O2. The molecule has 7 atom stereocenters. The smallest absolute Gasteiger partial charge is 0.310 e. The third-order valence-electron chi connectivity index (χ3n) is 12.8. The van der Waals surface area contributed by atoms with Crippen LogP contribution in [0.25, 0.3) is 0 Å². The van der Waals surface area contributed by atoms with E-state index in [0.29, 0.717) is 28.6 Å². The number of allylic oxidation sites excluding steroid dienone is 2. The SMILES string of the molecule is CC(C)[C@H]1CC[C@@H]2[C@]1(C(=O)O)CC[C@]1(C)C3=C(CC[C@@]21C)[C@@]1(C)CCCC(C)(C)[C@@H]1CC3. The Morgan fingerprint density at radius 1 is 0.844 bits per heavy atom. The van der Waals surface area contributed by atoms with E-state index in [1.165, 1.54) is 44.9 Å². The fraction of sp³-hybridized carbons (Fsp3) is 0.900. The van der Waals surface area contributed by atoms with E-state index in [4.69, 9.17) is 0 Å². The van der Waals surface area contributed by atoms with Gasteiger partial charge in [-0.3, -0.25) is 4.79 Å². The minimum absolute atomic E-state index is 0.124. The van der Waals surface area contributed by atoms with Crippen LogP contribution in [0.4, 0.5) is 0 Å². The number of carbonyl (C=O) groups is 1. The second-order valence-corrected chi connectivity index (χ2v) is 14.4. The molecule has 0 radical (unpaired) electrons. The maximum atomic E-state index is 13.0. The lowest BCUT2D eigenvalue weighted by molar-refractivity contribution is -0.177. The standard InChI is InChI=1S/C30H48O2/c1-19(2)20-9-12-24-29(7)16-13-21-22(28(29,6)17-18-30(20,24)25(31)32)10-11-23-26(3,4)14-8-15-27(21,23)5/h19-20,23-24H,8-18H2,1-7H3,(H,31,32)/t20-,23+,24+,27-,28-,29+,30+/m1/s1. The molecule has 0 aromatic rings. The van der Waals surface area contributed by atoms with Gasteiger partial charge in [-0.15, -0.1) is 0 Å². The van der Waals surface area contributed by atoms with Crippen LogP contribution in [0.2, 0.25) is 0 Å². The van der Waals surface area contributed by atoms with Crippen LogP contribution >= 0.6 is 0 Å². The molecule has 5 rings (SSSR count). The molecule has 0 aliphatic heterocycles. The molecule has 2 nitrogen and oxygen atoms in total. The second-order valence-electron chi connectivity index (χ2n) is 14.4. The minimum Gasteiger partial charge on any atom is -0.481 e. The summed E-state index contributed by atoms with van der Waals surface area (Å²) in [6.45, 7) is 17.3. The number of hydrogen-bond donors (Lipinski definition) is 1. The van der Waals surface area contributed by atoms with Gasteiger partial charge in [-0.1, -0.05) is 66.0 Å². The Hall–Kier alpha value is -0.790. The summed E-state index contributed by atoms with van der Waals surface area (Å²) in [5, 5.41) is 10.7. The van der Waals surface area contributed by atoms with Gasteiger partial charge in [-0.05, 0) is 110 Å². The minimum atomic E-state index is -0.492. The summed E-state index contributed by atoms with van der Waals surface area (Å²) >= 11 is 0. The molecule has 5 aliphatic rings. The highest BCUT2D eigenvalue weighted by atomic mass is 16.4. The number of rotatable bonds is 2. The van der Waals surface area contributed by atoms with E-state index in [-0.39, 0.29) is 10.8 Å².